The number of methoxy groups -OCH3 is 1. The van der Waals surface area contributed by atoms with Crippen LogP contribution in [0.2, 0.25) is 5.02 Å². The average Bonchev–Trinajstić information content (AvgIpc) is 3.91. The van der Waals surface area contributed by atoms with Gasteiger partial charge in [0, 0.05) is 40.6 Å². The molecule has 11 nitrogen and oxygen atoms in total. The van der Waals surface area contributed by atoms with Crippen molar-refractivity contribution in [3.05, 3.63) is 176 Å². The summed E-state index contributed by atoms with van der Waals surface area (Å²) < 4.78 is 33.2. The number of nitrogens with zero attached hydrogens (tertiary/aromatic N) is 2. The van der Waals surface area contributed by atoms with E-state index in [0.29, 0.717) is 37.1 Å². The number of aromatic nitrogens is 2. The van der Waals surface area contributed by atoms with Crippen molar-refractivity contribution >= 4 is 77.5 Å². The van der Waals surface area contributed by atoms with E-state index in [1.807, 2.05) is 92.7 Å². The summed E-state index contributed by atoms with van der Waals surface area (Å²) in [5, 5.41) is 7.97. The molecule has 0 unspecified atom stereocenters. The lowest BCUT2D eigenvalue weighted by atomic mass is 10.0. The summed E-state index contributed by atoms with van der Waals surface area (Å²) in [6, 6.07) is 34.5. The molecular weight excluding hydrogens is 812 g/mol. The van der Waals surface area contributed by atoms with Gasteiger partial charge in [0.05, 0.1) is 29.3 Å². The number of thiazole rings is 2. The predicted molar refractivity (Wildman–Crippen MR) is 233 cm³/mol. The van der Waals surface area contributed by atoms with E-state index >= 15 is 0 Å². The van der Waals surface area contributed by atoms with Crippen molar-refractivity contribution in [1.29, 1.82) is 0 Å². The molecule has 0 aliphatic rings. The SMILES string of the molecule is COc1ccc(Cl)cc1S(=O)(=O)NCc1ccc(Nc2ncc(C(=O)c3ccccc3C)s2)cc1.Cc1ccccc1C(=O)c1cnc(Nc2ccc(CN)cc2)s1. The lowest BCUT2D eigenvalue weighted by Gasteiger charge is -2.11. The molecule has 58 heavy (non-hydrogen) atoms. The van der Waals surface area contributed by atoms with Gasteiger partial charge < -0.3 is 21.1 Å². The highest BCUT2D eigenvalue weighted by molar-refractivity contribution is 7.89. The van der Waals surface area contributed by atoms with Gasteiger partial charge in [-0.15, -0.1) is 0 Å². The van der Waals surface area contributed by atoms with Crippen molar-refractivity contribution < 1.29 is 22.7 Å². The number of sulfonamides is 1. The smallest absolute Gasteiger partial charge is 0.244 e. The van der Waals surface area contributed by atoms with E-state index in [9.17, 15) is 18.0 Å². The highest BCUT2D eigenvalue weighted by atomic mass is 35.5. The molecule has 2 heterocycles. The van der Waals surface area contributed by atoms with Gasteiger partial charge in [-0.05, 0) is 78.6 Å². The van der Waals surface area contributed by atoms with E-state index in [4.69, 9.17) is 22.1 Å². The third kappa shape index (κ3) is 10.6. The number of carbonyl (C=O) groups excluding carboxylic acids is 2. The highest BCUT2D eigenvalue weighted by Gasteiger charge is 2.20. The molecule has 0 saturated carbocycles. The Morgan fingerprint density at radius 3 is 1.66 bits per heavy atom. The van der Waals surface area contributed by atoms with Gasteiger partial charge >= 0.3 is 0 Å². The molecule has 0 aliphatic carbocycles. The molecule has 0 bridgehead atoms. The topological polar surface area (TPSA) is 165 Å². The largest absolute Gasteiger partial charge is 0.495 e. The van der Waals surface area contributed by atoms with E-state index in [-0.39, 0.29) is 28.8 Å². The second kappa shape index (κ2) is 19.1. The zero-order chi connectivity index (χ0) is 41.2. The molecule has 0 fully saturated rings. The number of ether oxygens (including phenoxy) is 1. The minimum Gasteiger partial charge on any atom is -0.495 e. The fourth-order valence-electron chi connectivity index (χ4n) is 5.59. The van der Waals surface area contributed by atoms with Crippen molar-refractivity contribution in [2.24, 2.45) is 5.73 Å². The molecule has 0 amide bonds. The monoisotopic (exact) mass is 850 g/mol. The van der Waals surface area contributed by atoms with Gasteiger partial charge in [0.25, 0.3) is 0 Å². The number of halogens is 1. The minimum atomic E-state index is -3.83. The summed E-state index contributed by atoms with van der Waals surface area (Å²) >= 11 is 8.59. The molecule has 2 aromatic heterocycles. The number of rotatable bonds is 14. The molecule has 15 heteroatoms. The number of nitrogens with one attached hydrogen (secondary N) is 3. The van der Waals surface area contributed by atoms with Crippen LogP contribution in [0.15, 0.2) is 133 Å². The number of aryl methyl sites for hydroxylation is 2. The summed E-state index contributed by atoms with van der Waals surface area (Å²) in [5.74, 6) is 0.157. The van der Waals surface area contributed by atoms with E-state index in [2.05, 4.69) is 25.3 Å². The summed E-state index contributed by atoms with van der Waals surface area (Å²) in [6.07, 6.45) is 3.19. The molecular formula is C43H39ClN6O5S3. The van der Waals surface area contributed by atoms with Crippen LogP contribution in [0.5, 0.6) is 5.75 Å². The fraction of sp³-hybridized carbons (Fsp3) is 0.116. The highest BCUT2D eigenvalue weighted by Crippen LogP contribution is 2.29. The first-order chi connectivity index (χ1) is 27.9. The first kappa shape index (κ1) is 41.9. The zero-order valence-electron chi connectivity index (χ0n) is 31.7. The second-order valence-corrected chi connectivity index (χ2v) is 17.0. The quantitative estimate of drug-likeness (QED) is 0.0775. The van der Waals surface area contributed by atoms with Crippen molar-refractivity contribution in [1.82, 2.24) is 14.7 Å². The van der Waals surface area contributed by atoms with Crippen molar-refractivity contribution in [2.45, 2.75) is 31.8 Å². The number of carbonyl (C=O) groups is 2. The standard InChI is InChI=1S/C25H22ClN3O4S2.C18H17N3OS/c1-16-5-3-4-6-20(16)24(30)22-15-27-25(34-22)29-19-10-7-17(8-11-19)14-28-35(31,32)23-13-18(26)9-12-21(23)33-2;1-12-4-2-3-5-15(12)17(22)16-11-20-18(23-16)21-14-8-6-13(10-19)7-9-14/h3-13,15,28H,14H2,1-2H3,(H,27,29);2-9,11H,10,19H2,1H3,(H,20,21). The predicted octanol–water partition coefficient (Wildman–Crippen LogP) is 9.45. The Labute approximate surface area is 350 Å². The maximum absolute atomic E-state index is 12.8. The molecule has 0 atom stereocenters. The van der Waals surface area contributed by atoms with Crippen LogP contribution in [0, 0.1) is 13.8 Å². The van der Waals surface area contributed by atoms with Crippen LogP contribution < -0.4 is 25.8 Å². The van der Waals surface area contributed by atoms with Crippen LogP contribution in [0.1, 0.15) is 52.7 Å². The molecule has 7 rings (SSSR count). The molecule has 5 aromatic carbocycles. The normalized spacial score (nSPS) is 11.0. The number of nitrogens with two attached hydrogens (primary N) is 1. The summed E-state index contributed by atoms with van der Waals surface area (Å²) in [5.41, 5.74) is 12.4. The Kier molecular flexibility index (Phi) is 13.8. The van der Waals surface area contributed by atoms with Crippen LogP contribution in [-0.4, -0.2) is 37.1 Å². The molecule has 5 N–H and O–H groups in total. The number of ketones is 2. The third-order valence-corrected chi connectivity index (χ3v) is 12.2. The van der Waals surface area contributed by atoms with Crippen LogP contribution in [0.25, 0.3) is 0 Å². The van der Waals surface area contributed by atoms with Crippen LogP contribution in [-0.2, 0) is 23.1 Å². The van der Waals surface area contributed by atoms with Gasteiger partial charge in [-0.1, -0.05) is 107 Å². The molecule has 0 saturated heterocycles. The number of anilines is 4. The maximum Gasteiger partial charge on any atom is 0.244 e. The van der Waals surface area contributed by atoms with Gasteiger partial charge in [0.15, 0.2) is 10.3 Å². The van der Waals surface area contributed by atoms with Gasteiger partial charge in [0.2, 0.25) is 21.6 Å². The maximum atomic E-state index is 12.8. The van der Waals surface area contributed by atoms with Crippen LogP contribution in [0.4, 0.5) is 21.6 Å². The van der Waals surface area contributed by atoms with Gasteiger partial charge in [-0.3, -0.25) is 9.59 Å². The molecule has 0 spiro atoms. The molecule has 0 aliphatic heterocycles. The van der Waals surface area contributed by atoms with Gasteiger partial charge in [-0.25, -0.2) is 23.1 Å². The Morgan fingerprint density at radius 2 is 1.19 bits per heavy atom. The lowest BCUT2D eigenvalue weighted by Crippen LogP contribution is -2.23. The van der Waals surface area contributed by atoms with Crippen LogP contribution in [0.3, 0.4) is 0 Å². The van der Waals surface area contributed by atoms with E-state index in [0.717, 1.165) is 39.2 Å². The van der Waals surface area contributed by atoms with E-state index in [1.165, 1.54) is 41.9 Å². The van der Waals surface area contributed by atoms with Crippen LogP contribution >= 0.6 is 34.3 Å². The summed E-state index contributed by atoms with van der Waals surface area (Å²) in [6.45, 7) is 4.45. The molecule has 7 aromatic rings. The Morgan fingerprint density at radius 1 is 0.707 bits per heavy atom. The summed E-state index contributed by atoms with van der Waals surface area (Å²) in [7, 11) is -2.43. The van der Waals surface area contributed by atoms with Crippen molar-refractivity contribution in [3.63, 3.8) is 0 Å². The Bertz CT molecular complexity index is 2650. The summed E-state index contributed by atoms with van der Waals surface area (Å²) in [4.78, 5) is 35.1. The first-order valence-corrected chi connectivity index (χ1v) is 21.3. The zero-order valence-corrected chi connectivity index (χ0v) is 34.9. The number of benzene rings is 5. The number of hydrogen-bond acceptors (Lipinski definition) is 12. The molecule has 296 valence electrons. The minimum absolute atomic E-state index is 0.00660. The van der Waals surface area contributed by atoms with Crippen molar-refractivity contribution in [3.8, 4) is 5.75 Å². The fourth-order valence-corrected chi connectivity index (χ4v) is 8.62. The number of hydrogen-bond donors (Lipinski definition) is 4. The third-order valence-electron chi connectivity index (χ3n) is 8.77. The van der Waals surface area contributed by atoms with E-state index in [1.54, 1.807) is 36.7 Å². The van der Waals surface area contributed by atoms with Crippen molar-refractivity contribution in [2.75, 3.05) is 17.7 Å². The van der Waals surface area contributed by atoms with Gasteiger partial charge in [-0.2, -0.15) is 0 Å². The second-order valence-electron chi connectivity index (χ2n) is 12.8. The lowest BCUT2D eigenvalue weighted by molar-refractivity contribution is 0.103. The average molecular weight is 851 g/mol. The Balaban J connectivity index is 0.000000213. The first-order valence-electron chi connectivity index (χ1n) is 17.8. The van der Waals surface area contributed by atoms with E-state index < -0.39 is 10.0 Å². The molecule has 0 radical (unpaired) electrons. The Hall–Kier alpha value is -5.74. The van der Waals surface area contributed by atoms with Gasteiger partial charge in [0.1, 0.15) is 10.6 Å².